The molecular formula is C24H26N4O4. The summed E-state index contributed by atoms with van der Waals surface area (Å²) in [7, 11) is 3.20. The van der Waals surface area contributed by atoms with Gasteiger partial charge in [0, 0.05) is 18.4 Å². The minimum Gasteiger partial charge on any atom is -0.497 e. The SMILES string of the molecule is COCc1nn2c(c1-c1ccc(OC)cc1)NC(=O)C2CC(=O)Nc1ccc(C)c(C)c1. The molecule has 1 unspecified atom stereocenters. The van der Waals surface area contributed by atoms with E-state index in [0.29, 0.717) is 17.2 Å². The normalized spacial score (nSPS) is 14.8. The highest BCUT2D eigenvalue weighted by Gasteiger charge is 2.37. The van der Waals surface area contributed by atoms with E-state index in [4.69, 9.17) is 9.47 Å². The van der Waals surface area contributed by atoms with Gasteiger partial charge in [-0.1, -0.05) is 18.2 Å². The monoisotopic (exact) mass is 434 g/mol. The Hall–Kier alpha value is -3.65. The van der Waals surface area contributed by atoms with E-state index in [0.717, 1.165) is 28.0 Å². The van der Waals surface area contributed by atoms with Crippen molar-refractivity contribution in [2.24, 2.45) is 0 Å². The smallest absolute Gasteiger partial charge is 0.251 e. The summed E-state index contributed by atoms with van der Waals surface area (Å²) in [6, 6.07) is 12.5. The second-order valence-corrected chi connectivity index (χ2v) is 7.83. The molecule has 0 radical (unpaired) electrons. The van der Waals surface area contributed by atoms with Gasteiger partial charge in [0.05, 0.1) is 25.8 Å². The summed E-state index contributed by atoms with van der Waals surface area (Å²) in [5.41, 5.74) is 5.28. The van der Waals surface area contributed by atoms with Crippen molar-refractivity contribution in [3.05, 3.63) is 59.3 Å². The molecule has 0 spiro atoms. The Balaban J connectivity index is 1.61. The summed E-state index contributed by atoms with van der Waals surface area (Å²) < 4.78 is 12.2. The van der Waals surface area contributed by atoms with Crippen molar-refractivity contribution in [2.75, 3.05) is 24.9 Å². The molecule has 1 aliphatic heterocycles. The van der Waals surface area contributed by atoms with E-state index in [1.165, 1.54) is 0 Å². The van der Waals surface area contributed by atoms with Crippen molar-refractivity contribution in [3.8, 4) is 16.9 Å². The highest BCUT2D eigenvalue weighted by atomic mass is 16.5. The Morgan fingerprint density at radius 3 is 2.53 bits per heavy atom. The van der Waals surface area contributed by atoms with Gasteiger partial charge >= 0.3 is 0 Å². The van der Waals surface area contributed by atoms with Gasteiger partial charge in [-0.15, -0.1) is 0 Å². The standard InChI is InChI=1S/C24H26N4O4/c1-14-5-8-17(11-15(14)2)25-21(29)12-20-24(30)26-23-22(19(13-31-3)27-28(20)23)16-6-9-18(32-4)10-7-16/h5-11,20H,12-13H2,1-4H3,(H,25,29)(H,26,30). The van der Waals surface area contributed by atoms with Gasteiger partial charge in [0.1, 0.15) is 17.6 Å². The minimum absolute atomic E-state index is 0.0259. The molecule has 2 heterocycles. The summed E-state index contributed by atoms with van der Waals surface area (Å²) in [5.74, 6) is 0.782. The Morgan fingerprint density at radius 2 is 1.88 bits per heavy atom. The molecule has 8 heteroatoms. The molecule has 0 fully saturated rings. The number of carbonyl (C=O) groups excluding carboxylic acids is 2. The van der Waals surface area contributed by atoms with E-state index in [2.05, 4.69) is 15.7 Å². The molecule has 3 aromatic rings. The van der Waals surface area contributed by atoms with Crippen molar-refractivity contribution < 1.29 is 19.1 Å². The summed E-state index contributed by atoms with van der Waals surface area (Å²) >= 11 is 0. The van der Waals surface area contributed by atoms with Crippen molar-refractivity contribution >= 4 is 23.3 Å². The average molecular weight is 434 g/mol. The lowest BCUT2D eigenvalue weighted by molar-refractivity contribution is -0.123. The van der Waals surface area contributed by atoms with Crippen molar-refractivity contribution in [1.82, 2.24) is 9.78 Å². The van der Waals surface area contributed by atoms with Gasteiger partial charge in [0.25, 0.3) is 5.91 Å². The number of methoxy groups -OCH3 is 2. The number of aromatic nitrogens is 2. The van der Waals surface area contributed by atoms with Crippen LogP contribution in [0.15, 0.2) is 42.5 Å². The average Bonchev–Trinajstić information content (AvgIpc) is 3.26. The quantitative estimate of drug-likeness (QED) is 0.589. The topological polar surface area (TPSA) is 94.5 Å². The zero-order valence-corrected chi connectivity index (χ0v) is 18.6. The number of hydrogen-bond acceptors (Lipinski definition) is 5. The van der Waals surface area contributed by atoms with Crippen LogP contribution < -0.4 is 15.4 Å². The van der Waals surface area contributed by atoms with Crippen LogP contribution in [0.5, 0.6) is 5.75 Å². The molecule has 2 N–H and O–H groups in total. The largest absolute Gasteiger partial charge is 0.497 e. The van der Waals surface area contributed by atoms with Crippen LogP contribution in [0.3, 0.4) is 0 Å². The molecule has 0 saturated carbocycles. The van der Waals surface area contributed by atoms with Gasteiger partial charge in [-0.3, -0.25) is 9.59 Å². The molecule has 0 saturated heterocycles. The number of anilines is 2. The van der Waals surface area contributed by atoms with Gasteiger partial charge in [-0.05, 0) is 54.8 Å². The maximum atomic E-state index is 12.7. The second kappa shape index (κ2) is 8.84. The third kappa shape index (κ3) is 4.09. The lowest BCUT2D eigenvalue weighted by atomic mass is 10.1. The molecule has 1 aliphatic rings. The van der Waals surface area contributed by atoms with Gasteiger partial charge in [-0.2, -0.15) is 5.10 Å². The molecule has 0 bridgehead atoms. The molecule has 4 rings (SSSR count). The highest BCUT2D eigenvalue weighted by Crippen LogP contribution is 2.39. The van der Waals surface area contributed by atoms with E-state index in [1.54, 1.807) is 18.9 Å². The first-order valence-corrected chi connectivity index (χ1v) is 10.3. The van der Waals surface area contributed by atoms with Crippen molar-refractivity contribution in [1.29, 1.82) is 0 Å². The number of nitrogens with zero attached hydrogens (tertiary/aromatic N) is 2. The Morgan fingerprint density at radius 1 is 1.12 bits per heavy atom. The number of carbonyl (C=O) groups is 2. The first kappa shape index (κ1) is 21.6. The Bertz CT molecular complexity index is 1170. The second-order valence-electron chi connectivity index (χ2n) is 7.83. The first-order valence-electron chi connectivity index (χ1n) is 10.3. The maximum absolute atomic E-state index is 12.7. The summed E-state index contributed by atoms with van der Waals surface area (Å²) in [6.45, 7) is 4.28. The lowest BCUT2D eigenvalue weighted by Crippen LogP contribution is -2.24. The maximum Gasteiger partial charge on any atom is 0.251 e. The summed E-state index contributed by atoms with van der Waals surface area (Å²) in [5, 5.41) is 10.4. The van der Waals surface area contributed by atoms with E-state index in [-0.39, 0.29) is 24.8 Å². The number of amides is 2. The van der Waals surface area contributed by atoms with Crippen LogP contribution in [0.4, 0.5) is 11.5 Å². The number of rotatable bonds is 7. The van der Waals surface area contributed by atoms with Crippen LogP contribution in [0.1, 0.15) is 29.3 Å². The fourth-order valence-electron chi connectivity index (χ4n) is 3.82. The third-order valence-corrected chi connectivity index (χ3v) is 5.65. The van der Waals surface area contributed by atoms with Crippen LogP contribution in [0.25, 0.3) is 11.1 Å². The fraction of sp³-hybridized carbons (Fsp3) is 0.292. The number of fused-ring (bicyclic) bond motifs is 1. The molecule has 1 aromatic heterocycles. The number of nitrogens with one attached hydrogen (secondary N) is 2. The molecule has 166 valence electrons. The van der Waals surface area contributed by atoms with Gasteiger partial charge in [0.2, 0.25) is 5.91 Å². The molecule has 2 amide bonds. The number of benzene rings is 2. The summed E-state index contributed by atoms with van der Waals surface area (Å²) in [4.78, 5) is 25.4. The summed E-state index contributed by atoms with van der Waals surface area (Å²) in [6.07, 6.45) is -0.0259. The van der Waals surface area contributed by atoms with Crippen LogP contribution >= 0.6 is 0 Å². The number of ether oxygens (including phenoxy) is 2. The van der Waals surface area contributed by atoms with Crippen LogP contribution in [0, 0.1) is 13.8 Å². The molecule has 2 aromatic carbocycles. The molecular weight excluding hydrogens is 408 g/mol. The highest BCUT2D eigenvalue weighted by molar-refractivity contribution is 6.04. The van der Waals surface area contributed by atoms with Crippen LogP contribution in [-0.4, -0.2) is 35.8 Å². The number of hydrogen-bond donors (Lipinski definition) is 2. The zero-order chi connectivity index (χ0) is 22.8. The zero-order valence-electron chi connectivity index (χ0n) is 18.6. The Kier molecular flexibility index (Phi) is 5.96. The third-order valence-electron chi connectivity index (χ3n) is 5.65. The fourth-order valence-corrected chi connectivity index (χ4v) is 3.82. The predicted octanol–water partition coefficient (Wildman–Crippen LogP) is 3.84. The molecule has 0 aliphatic carbocycles. The molecule has 8 nitrogen and oxygen atoms in total. The van der Waals surface area contributed by atoms with Gasteiger partial charge in [0.15, 0.2) is 0 Å². The van der Waals surface area contributed by atoms with E-state index >= 15 is 0 Å². The van der Waals surface area contributed by atoms with Crippen molar-refractivity contribution in [3.63, 3.8) is 0 Å². The van der Waals surface area contributed by atoms with E-state index in [9.17, 15) is 9.59 Å². The lowest BCUT2D eigenvalue weighted by Gasteiger charge is -2.11. The van der Waals surface area contributed by atoms with Crippen molar-refractivity contribution in [2.45, 2.75) is 32.9 Å². The van der Waals surface area contributed by atoms with Gasteiger partial charge < -0.3 is 20.1 Å². The minimum atomic E-state index is -0.737. The van der Waals surface area contributed by atoms with E-state index < -0.39 is 6.04 Å². The van der Waals surface area contributed by atoms with Crippen LogP contribution in [0.2, 0.25) is 0 Å². The molecule has 32 heavy (non-hydrogen) atoms. The first-order chi connectivity index (χ1) is 15.4. The predicted molar refractivity (Wildman–Crippen MR) is 122 cm³/mol. The van der Waals surface area contributed by atoms with Crippen LogP contribution in [-0.2, 0) is 20.9 Å². The van der Waals surface area contributed by atoms with Gasteiger partial charge in [-0.25, -0.2) is 4.68 Å². The molecule has 1 atom stereocenters. The number of aryl methyl sites for hydroxylation is 2. The van der Waals surface area contributed by atoms with E-state index in [1.807, 2.05) is 56.3 Å². The Labute approximate surface area is 186 Å².